The highest BCUT2D eigenvalue weighted by Crippen LogP contribution is 2.42. The van der Waals surface area contributed by atoms with Crippen LogP contribution in [0.3, 0.4) is 0 Å². The van der Waals surface area contributed by atoms with Gasteiger partial charge in [0.15, 0.2) is 0 Å². The number of benzene rings is 2. The summed E-state index contributed by atoms with van der Waals surface area (Å²) < 4.78 is 45.2. The van der Waals surface area contributed by atoms with E-state index in [2.05, 4.69) is 30.4 Å². The Hall–Kier alpha value is -4.20. The number of carbonyl (C=O) groups is 1. The van der Waals surface area contributed by atoms with Gasteiger partial charge in [0.05, 0.1) is 17.7 Å². The van der Waals surface area contributed by atoms with Gasteiger partial charge in [-0.2, -0.15) is 0 Å². The van der Waals surface area contributed by atoms with Crippen molar-refractivity contribution in [3.05, 3.63) is 65.9 Å². The van der Waals surface area contributed by atoms with Crippen molar-refractivity contribution < 1.29 is 23.1 Å². The van der Waals surface area contributed by atoms with E-state index in [9.17, 15) is 13.6 Å². The summed E-state index contributed by atoms with van der Waals surface area (Å²) in [6.07, 6.45) is 2.65. The highest BCUT2D eigenvalue weighted by molar-refractivity contribution is 6.02. The molecular weight excluding hydrogens is 561 g/mol. The zero-order valence-corrected chi connectivity index (χ0v) is 23.4. The molecular formula is C30H33F3N8O2. The van der Waals surface area contributed by atoms with Crippen molar-refractivity contribution in [3.8, 4) is 11.1 Å². The quantitative estimate of drug-likeness (QED) is 0.219. The summed E-state index contributed by atoms with van der Waals surface area (Å²) in [5.41, 5.74) is 8.52. The third-order valence-electron chi connectivity index (χ3n) is 8.02. The molecule has 2 amide bonds. The molecule has 3 heterocycles. The number of nitrogens with one attached hydrogen (secondary N) is 2. The Bertz CT molecular complexity index is 1630. The van der Waals surface area contributed by atoms with Crippen LogP contribution < -0.4 is 16.4 Å². The zero-order chi connectivity index (χ0) is 30.1. The first kappa shape index (κ1) is 28.9. The second-order valence-corrected chi connectivity index (χ2v) is 11.0. The average molecular weight is 595 g/mol. The topological polar surface area (TPSA) is 125 Å². The molecule has 10 nitrogen and oxygen atoms in total. The van der Waals surface area contributed by atoms with E-state index in [0.29, 0.717) is 65.8 Å². The Labute approximate surface area is 246 Å². The first-order valence-corrected chi connectivity index (χ1v) is 14.3. The number of hydrogen-bond donors (Lipinski definition) is 4. The number of nitrogens with two attached hydrogens (primary N) is 1. The van der Waals surface area contributed by atoms with Crippen molar-refractivity contribution in [2.45, 2.75) is 31.9 Å². The van der Waals surface area contributed by atoms with Gasteiger partial charge < -0.3 is 26.0 Å². The minimum Gasteiger partial charge on any atom is -0.395 e. The normalized spacial score (nSPS) is 16.2. The predicted octanol–water partition coefficient (Wildman–Crippen LogP) is 4.85. The fourth-order valence-corrected chi connectivity index (χ4v) is 5.60. The number of aliphatic hydroxyl groups excluding tert-OH is 1. The summed E-state index contributed by atoms with van der Waals surface area (Å²) >= 11 is 0. The maximum absolute atomic E-state index is 15.2. The van der Waals surface area contributed by atoms with Gasteiger partial charge in [0.2, 0.25) is 0 Å². The number of aliphatic hydroxyl groups is 1. The maximum atomic E-state index is 15.2. The van der Waals surface area contributed by atoms with Crippen LogP contribution in [0.4, 0.5) is 35.2 Å². The number of urea groups is 1. The van der Waals surface area contributed by atoms with E-state index in [4.69, 9.17) is 10.8 Å². The summed E-state index contributed by atoms with van der Waals surface area (Å²) in [6.45, 7) is 3.98. The third kappa shape index (κ3) is 6.28. The summed E-state index contributed by atoms with van der Waals surface area (Å²) in [5, 5.41) is 14.8. The van der Waals surface area contributed by atoms with Gasteiger partial charge in [0.25, 0.3) is 6.43 Å². The third-order valence-corrected chi connectivity index (χ3v) is 8.02. The predicted molar refractivity (Wildman–Crippen MR) is 158 cm³/mol. The molecule has 2 aromatic carbocycles. The van der Waals surface area contributed by atoms with Gasteiger partial charge in [0.1, 0.15) is 23.6 Å². The molecule has 43 heavy (non-hydrogen) atoms. The van der Waals surface area contributed by atoms with Crippen LogP contribution in [-0.2, 0) is 6.54 Å². The number of alkyl halides is 2. The summed E-state index contributed by atoms with van der Waals surface area (Å²) in [5.74, 6) is -0.366. The molecule has 0 unspecified atom stereocenters. The highest BCUT2D eigenvalue weighted by atomic mass is 19.3. The van der Waals surface area contributed by atoms with Crippen LogP contribution in [0.5, 0.6) is 0 Å². The molecule has 0 radical (unpaired) electrons. The standard InChI is InChI=1S/C30H33F3N8O2/c31-24-13-18(23-16-41(21-4-5-21)29-26(23)28(34)35-17-36-29)2-6-25(24)38-30(43)37-20-3-1-19(22(14-20)27(32)33)15-40-9-7-39(8-10-40)11-12-42/h1-3,6,13-14,16-17,21,27,42H,4-5,7-12,15H2,(H2,34,35,36)(H2,37,38,43). The van der Waals surface area contributed by atoms with Gasteiger partial charge in [-0.25, -0.2) is 27.9 Å². The van der Waals surface area contributed by atoms with Crippen molar-refractivity contribution in [1.82, 2.24) is 24.3 Å². The first-order chi connectivity index (χ1) is 20.8. The number of amides is 2. The lowest BCUT2D eigenvalue weighted by Crippen LogP contribution is -2.46. The number of piperazine rings is 1. The molecule has 0 spiro atoms. The van der Waals surface area contributed by atoms with Crippen LogP contribution >= 0.6 is 0 Å². The smallest absolute Gasteiger partial charge is 0.323 e. The van der Waals surface area contributed by atoms with Crippen LogP contribution in [-0.4, -0.2) is 74.8 Å². The van der Waals surface area contributed by atoms with E-state index in [-0.39, 0.29) is 23.5 Å². The number of carbonyl (C=O) groups excluding carboxylic acids is 1. The van der Waals surface area contributed by atoms with Gasteiger partial charge in [-0.3, -0.25) is 9.80 Å². The lowest BCUT2D eigenvalue weighted by atomic mass is 10.1. The second-order valence-electron chi connectivity index (χ2n) is 11.0. The van der Waals surface area contributed by atoms with Crippen molar-refractivity contribution >= 4 is 34.3 Å². The van der Waals surface area contributed by atoms with Crippen LogP contribution in [0, 0.1) is 5.82 Å². The molecule has 13 heteroatoms. The average Bonchev–Trinajstić information content (AvgIpc) is 3.76. The van der Waals surface area contributed by atoms with E-state index in [1.54, 1.807) is 18.2 Å². The molecule has 0 bridgehead atoms. The molecule has 2 aliphatic rings. The van der Waals surface area contributed by atoms with E-state index < -0.39 is 18.3 Å². The van der Waals surface area contributed by atoms with Crippen LogP contribution in [0.1, 0.15) is 36.4 Å². The Morgan fingerprint density at radius 1 is 1.05 bits per heavy atom. The molecule has 6 rings (SSSR count). The minimum atomic E-state index is -2.73. The molecule has 226 valence electrons. The number of hydrogen-bond acceptors (Lipinski definition) is 7. The van der Waals surface area contributed by atoms with Gasteiger partial charge in [-0.05, 0) is 48.2 Å². The highest BCUT2D eigenvalue weighted by Gasteiger charge is 2.28. The lowest BCUT2D eigenvalue weighted by Gasteiger charge is -2.34. The molecule has 1 aliphatic carbocycles. The van der Waals surface area contributed by atoms with Gasteiger partial charge in [-0.15, -0.1) is 0 Å². The number of halogens is 3. The Kier molecular flexibility index (Phi) is 8.19. The number of rotatable bonds is 9. The van der Waals surface area contributed by atoms with Crippen LogP contribution in [0.2, 0.25) is 0 Å². The van der Waals surface area contributed by atoms with E-state index >= 15 is 4.39 Å². The maximum Gasteiger partial charge on any atom is 0.323 e. The Morgan fingerprint density at radius 2 is 1.81 bits per heavy atom. The number of nitrogen functional groups attached to an aromatic ring is 1. The molecule has 1 saturated heterocycles. The molecule has 0 atom stereocenters. The molecule has 1 saturated carbocycles. The van der Waals surface area contributed by atoms with E-state index in [1.807, 2.05) is 10.8 Å². The van der Waals surface area contributed by atoms with E-state index in [1.165, 1.54) is 24.5 Å². The zero-order valence-electron chi connectivity index (χ0n) is 23.4. The number of nitrogens with zero attached hydrogens (tertiary/aromatic N) is 5. The SMILES string of the molecule is Nc1ncnc2c1c(-c1ccc(NC(=O)Nc3ccc(CN4CCN(CCO)CC4)c(C(F)F)c3)c(F)c1)cn2C1CC1. The number of aromatic nitrogens is 3. The van der Waals surface area contributed by atoms with Crippen LogP contribution in [0.25, 0.3) is 22.2 Å². The van der Waals surface area contributed by atoms with Gasteiger partial charge >= 0.3 is 6.03 Å². The van der Waals surface area contributed by atoms with Crippen molar-refractivity contribution in [3.63, 3.8) is 0 Å². The van der Waals surface area contributed by atoms with E-state index in [0.717, 1.165) is 25.9 Å². The minimum absolute atomic E-state index is 0.0672. The Morgan fingerprint density at radius 3 is 2.51 bits per heavy atom. The van der Waals surface area contributed by atoms with Crippen LogP contribution in [0.15, 0.2) is 48.9 Å². The fourth-order valence-electron chi connectivity index (χ4n) is 5.60. The second kappa shape index (κ2) is 12.2. The summed E-state index contributed by atoms with van der Waals surface area (Å²) in [6, 6.07) is 8.38. The largest absolute Gasteiger partial charge is 0.395 e. The summed E-state index contributed by atoms with van der Waals surface area (Å²) in [7, 11) is 0. The molecule has 2 aromatic heterocycles. The van der Waals surface area contributed by atoms with Crippen molar-refractivity contribution in [2.24, 2.45) is 0 Å². The van der Waals surface area contributed by atoms with Gasteiger partial charge in [0, 0.05) is 68.3 Å². The number of anilines is 3. The number of fused-ring (bicyclic) bond motifs is 1. The van der Waals surface area contributed by atoms with Crippen molar-refractivity contribution in [2.75, 3.05) is 55.7 Å². The molecule has 1 aliphatic heterocycles. The summed E-state index contributed by atoms with van der Waals surface area (Å²) in [4.78, 5) is 25.4. The number of β-amino-alcohol motifs (C(OH)–C–C–N with tert-alkyl or cyclic N) is 1. The molecule has 5 N–H and O–H groups in total. The van der Waals surface area contributed by atoms with Gasteiger partial charge in [-0.1, -0.05) is 12.1 Å². The monoisotopic (exact) mass is 594 g/mol. The molecule has 2 fully saturated rings. The molecule has 4 aromatic rings. The van der Waals surface area contributed by atoms with Crippen molar-refractivity contribution in [1.29, 1.82) is 0 Å². The first-order valence-electron chi connectivity index (χ1n) is 14.3. The lowest BCUT2D eigenvalue weighted by molar-refractivity contribution is 0.106. The fraction of sp³-hybridized carbons (Fsp3) is 0.367. The Balaban J connectivity index is 1.13.